The van der Waals surface area contributed by atoms with E-state index in [1.165, 1.54) is 12.1 Å². The number of carbonyl (C=O) groups is 2. The van der Waals surface area contributed by atoms with E-state index in [9.17, 15) is 27.9 Å². The Morgan fingerprint density at radius 3 is 2.21 bits per heavy atom. The first-order valence-corrected chi connectivity index (χ1v) is 10.6. The monoisotopic (exact) mass is 470 g/mol. The van der Waals surface area contributed by atoms with Crippen molar-refractivity contribution in [2.45, 2.75) is 31.0 Å². The lowest BCUT2D eigenvalue weighted by Crippen LogP contribution is -2.41. The Bertz CT molecular complexity index is 1170. The van der Waals surface area contributed by atoms with Crippen molar-refractivity contribution >= 4 is 12.1 Å². The average molecular weight is 470 g/mol. The van der Waals surface area contributed by atoms with Crippen LogP contribution in [-0.4, -0.2) is 34.8 Å². The van der Waals surface area contributed by atoms with E-state index in [1.807, 2.05) is 48.5 Å². The minimum Gasteiger partial charge on any atom is -0.480 e. The number of hydrogen-bond donors (Lipinski definition) is 2. The summed E-state index contributed by atoms with van der Waals surface area (Å²) in [4.78, 5) is 27.4. The molecule has 0 radical (unpaired) electrons. The normalized spacial score (nSPS) is 13.6. The zero-order chi connectivity index (χ0) is 24.3. The van der Waals surface area contributed by atoms with E-state index in [-0.39, 0.29) is 30.9 Å². The van der Waals surface area contributed by atoms with Gasteiger partial charge in [0.25, 0.3) is 0 Å². The molecule has 2 aromatic carbocycles. The van der Waals surface area contributed by atoms with Crippen LogP contribution in [0.1, 0.15) is 34.7 Å². The first kappa shape index (κ1) is 23.3. The highest BCUT2D eigenvalue weighted by Crippen LogP contribution is 2.44. The lowest BCUT2D eigenvalue weighted by molar-refractivity contribution is -0.141. The fraction of sp³-hybridized carbons (Fsp3) is 0.240. The van der Waals surface area contributed by atoms with Crippen LogP contribution < -0.4 is 5.32 Å². The summed E-state index contributed by atoms with van der Waals surface area (Å²) in [6, 6.07) is 16.7. The highest BCUT2D eigenvalue weighted by molar-refractivity contribution is 5.81. The molecule has 0 aliphatic heterocycles. The maximum atomic E-state index is 13.1. The first-order chi connectivity index (χ1) is 16.3. The van der Waals surface area contributed by atoms with Crippen molar-refractivity contribution in [3.8, 4) is 11.1 Å². The van der Waals surface area contributed by atoms with Crippen molar-refractivity contribution in [1.82, 2.24) is 10.3 Å². The number of nitrogens with zero attached hydrogens (tertiary/aromatic N) is 1. The van der Waals surface area contributed by atoms with Crippen molar-refractivity contribution < 1.29 is 32.6 Å². The topological polar surface area (TPSA) is 88.5 Å². The molecule has 6 nitrogen and oxygen atoms in total. The lowest BCUT2D eigenvalue weighted by atomic mass is 9.98. The van der Waals surface area contributed by atoms with E-state index in [1.54, 1.807) is 0 Å². The predicted molar refractivity (Wildman–Crippen MR) is 117 cm³/mol. The van der Waals surface area contributed by atoms with Crippen molar-refractivity contribution in [2.24, 2.45) is 0 Å². The third-order valence-electron chi connectivity index (χ3n) is 5.80. The van der Waals surface area contributed by atoms with Crippen molar-refractivity contribution in [3.63, 3.8) is 0 Å². The van der Waals surface area contributed by atoms with E-state index in [2.05, 4.69) is 10.3 Å². The SMILES string of the molecule is O=C(N[C@@H](CCc1cccnc1C(F)(F)F)C(=O)O)OCC1c2ccccc2-c2ccccc21. The number of aliphatic carboxylic acids is 1. The molecular formula is C25H21F3N2O4. The molecule has 9 heteroatoms. The van der Waals surface area contributed by atoms with Crippen LogP contribution in [0.15, 0.2) is 66.9 Å². The summed E-state index contributed by atoms with van der Waals surface area (Å²) in [5.41, 5.74) is 2.89. The summed E-state index contributed by atoms with van der Waals surface area (Å²) < 4.78 is 44.7. The Morgan fingerprint density at radius 2 is 1.62 bits per heavy atom. The van der Waals surface area contributed by atoms with E-state index < -0.39 is 30.0 Å². The number of rotatable bonds is 7. The number of aryl methyl sites for hydroxylation is 1. The van der Waals surface area contributed by atoms with Crippen LogP contribution in [0.3, 0.4) is 0 Å². The number of hydrogen-bond acceptors (Lipinski definition) is 4. The second-order valence-corrected chi connectivity index (χ2v) is 7.91. The van der Waals surface area contributed by atoms with Crippen LogP contribution in [0.4, 0.5) is 18.0 Å². The minimum absolute atomic E-state index is 0.00692. The molecule has 34 heavy (non-hydrogen) atoms. The summed E-state index contributed by atoms with van der Waals surface area (Å²) in [6.45, 7) is -0.00692. The molecule has 1 amide bonds. The molecule has 3 aromatic rings. The highest BCUT2D eigenvalue weighted by Gasteiger charge is 2.35. The second kappa shape index (κ2) is 9.54. The Balaban J connectivity index is 1.40. The van der Waals surface area contributed by atoms with Gasteiger partial charge in [0.2, 0.25) is 0 Å². The molecule has 1 aliphatic carbocycles. The van der Waals surface area contributed by atoms with Crippen LogP contribution >= 0.6 is 0 Å². The lowest BCUT2D eigenvalue weighted by Gasteiger charge is -2.18. The Kier molecular flexibility index (Phi) is 6.54. The van der Waals surface area contributed by atoms with Crippen molar-refractivity contribution in [2.75, 3.05) is 6.61 Å². The zero-order valence-corrected chi connectivity index (χ0v) is 17.9. The summed E-state index contributed by atoms with van der Waals surface area (Å²) in [5.74, 6) is -1.57. The number of alkyl carbamates (subject to hydrolysis) is 1. The van der Waals surface area contributed by atoms with Gasteiger partial charge in [-0.1, -0.05) is 54.6 Å². The Morgan fingerprint density at radius 1 is 1.00 bits per heavy atom. The number of pyridine rings is 1. The molecule has 0 saturated heterocycles. The molecule has 0 bridgehead atoms. The van der Waals surface area contributed by atoms with Gasteiger partial charge in [-0.05, 0) is 46.7 Å². The van der Waals surface area contributed by atoms with Gasteiger partial charge in [0, 0.05) is 12.1 Å². The molecule has 0 unspecified atom stereocenters. The smallest absolute Gasteiger partial charge is 0.433 e. The van der Waals surface area contributed by atoms with Gasteiger partial charge in [-0.15, -0.1) is 0 Å². The molecule has 1 aromatic heterocycles. The van der Waals surface area contributed by atoms with Gasteiger partial charge >= 0.3 is 18.2 Å². The van der Waals surface area contributed by atoms with Crippen LogP contribution in [-0.2, 0) is 22.1 Å². The zero-order valence-electron chi connectivity index (χ0n) is 17.9. The van der Waals surface area contributed by atoms with Gasteiger partial charge in [0.05, 0.1) is 0 Å². The van der Waals surface area contributed by atoms with Gasteiger partial charge in [-0.2, -0.15) is 13.2 Å². The number of carbonyl (C=O) groups excluding carboxylic acids is 1. The number of benzene rings is 2. The standard InChI is InChI=1S/C25H21F3N2O4/c26-25(27,28)22-15(6-5-13-29-22)11-12-21(23(31)32)30-24(33)34-14-20-18-9-3-1-7-16(18)17-8-2-4-10-19(17)20/h1-10,13,20-21H,11-12,14H2,(H,30,33)(H,31,32)/t21-/m0/s1. The molecule has 1 aliphatic rings. The minimum atomic E-state index is -4.66. The molecular weight excluding hydrogens is 449 g/mol. The van der Waals surface area contributed by atoms with Crippen LogP contribution in [0.5, 0.6) is 0 Å². The maximum Gasteiger partial charge on any atom is 0.433 e. The third-order valence-corrected chi connectivity index (χ3v) is 5.80. The number of alkyl halides is 3. The van der Waals surface area contributed by atoms with Crippen LogP contribution in [0.2, 0.25) is 0 Å². The van der Waals surface area contributed by atoms with E-state index in [4.69, 9.17) is 4.74 Å². The fourth-order valence-electron chi connectivity index (χ4n) is 4.24. The Hall–Kier alpha value is -3.88. The summed E-state index contributed by atoms with van der Waals surface area (Å²) >= 11 is 0. The van der Waals surface area contributed by atoms with E-state index >= 15 is 0 Å². The van der Waals surface area contributed by atoms with E-state index in [0.717, 1.165) is 28.5 Å². The molecule has 1 atom stereocenters. The number of ether oxygens (including phenoxy) is 1. The predicted octanol–water partition coefficient (Wildman–Crippen LogP) is 5.02. The summed E-state index contributed by atoms with van der Waals surface area (Å²) in [6.07, 6.45) is -5.07. The largest absolute Gasteiger partial charge is 0.480 e. The summed E-state index contributed by atoms with van der Waals surface area (Å²) in [5, 5.41) is 11.7. The maximum absolute atomic E-state index is 13.1. The number of halogens is 3. The van der Waals surface area contributed by atoms with Crippen LogP contribution in [0.25, 0.3) is 11.1 Å². The van der Waals surface area contributed by atoms with Crippen LogP contribution in [0, 0.1) is 0 Å². The van der Waals surface area contributed by atoms with E-state index in [0.29, 0.717) is 0 Å². The Labute approximate surface area is 193 Å². The number of amides is 1. The molecule has 0 saturated carbocycles. The average Bonchev–Trinajstić information content (AvgIpc) is 3.13. The molecule has 0 fully saturated rings. The third kappa shape index (κ3) is 4.88. The second-order valence-electron chi connectivity index (χ2n) is 7.91. The molecule has 4 rings (SSSR count). The molecule has 0 spiro atoms. The number of nitrogens with one attached hydrogen (secondary N) is 1. The number of aromatic nitrogens is 1. The summed E-state index contributed by atoms with van der Waals surface area (Å²) in [7, 11) is 0. The first-order valence-electron chi connectivity index (χ1n) is 10.6. The quantitative estimate of drug-likeness (QED) is 0.506. The van der Waals surface area contributed by atoms with Crippen molar-refractivity contribution in [3.05, 3.63) is 89.2 Å². The van der Waals surface area contributed by atoms with Gasteiger partial charge in [-0.25, -0.2) is 9.59 Å². The fourth-order valence-corrected chi connectivity index (χ4v) is 4.24. The van der Waals surface area contributed by atoms with Gasteiger partial charge in [-0.3, -0.25) is 4.98 Å². The number of carboxylic acid groups (broad SMARTS) is 1. The molecule has 1 heterocycles. The highest BCUT2D eigenvalue weighted by atomic mass is 19.4. The van der Waals surface area contributed by atoms with Crippen molar-refractivity contribution in [1.29, 1.82) is 0 Å². The van der Waals surface area contributed by atoms with Gasteiger partial charge in [0.1, 0.15) is 18.3 Å². The van der Waals surface area contributed by atoms with Gasteiger partial charge in [0.15, 0.2) is 0 Å². The molecule has 2 N–H and O–H groups in total. The number of fused-ring (bicyclic) bond motifs is 3. The number of carboxylic acids is 1. The van der Waals surface area contributed by atoms with Gasteiger partial charge < -0.3 is 15.2 Å². The molecule has 176 valence electrons.